The van der Waals surface area contributed by atoms with E-state index in [2.05, 4.69) is 18.2 Å². The van der Waals surface area contributed by atoms with Crippen molar-refractivity contribution in [1.29, 1.82) is 0 Å². The van der Waals surface area contributed by atoms with E-state index in [0.717, 1.165) is 29.9 Å². The van der Waals surface area contributed by atoms with E-state index < -0.39 is 0 Å². The van der Waals surface area contributed by atoms with E-state index in [9.17, 15) is 5.11 Å². The van der Waals surface area contributed by atoms with Gasteiger partial charge in [-0.1, -0.05) is 12.5 Å². The van der Waals surface area contributed by atoms with Gasteiger partial charge in [-0.2, -0.15) is 0 Å². The predicted octanol–water partition coefficient (Wildman–Crippen LogP) is 3.91. The summed E-state index contributed by atoms with van der Waals surface area (Å²) in [5.74, 6) is 3.88. The molecule has 2 heteroatoms. The average Bonchev–Trinajstić information content (AvgIpc) is 2.54. The number of rotatable bonds is 1. The lowest BCUT2D eigenvalue weighted by atomic mass is 9.56. The summed E-state index contributed by atoms with van der Waals surface area (Å²) in [6.07, 6.45) is 8.55. The fraction of sp³-hybridized carbons (Fsp3) is 0.684. The van der Waals surface area contributed by atoms with Crippen molar-refractivity contribution in [3.8, 4) is 5.75 Å². The van der Waals surface area contributed by atoms with Gasteiger partial charge in [0, 0.05) is 0 Å². The van der Waals surface area contributed by atoms with Crippen LogP contribution in [-0.2, 0) is 6.42 Å². The van der Waals surface area contributed by atoms with Crippen LogP contribution in [-0.4, -0.2) is 18.3 Å². The van der Waals surface area contributed by atoms with Crippen LogP contribution in [0.5, 0.6) is 5.75 Å². The first-order valence-electron chi connectivity index (χ1n) is 8.63. The maximum Gasteiger partial charge on any atom is 0.119 e. The smallest absolute Gasteiger partial charge is 0.119 e. The fourth-order valence-corrected chi connectivity index (χ4v) is 5.51. The summed E-state index contributed by atoms with van der Waals surface area (Å²) in [4.78, 5) is 0. The van der Waals surface area contributed by atoms with Gasteiger partial charge in [0.25, 0.3) is 0 Å². The molecule has 2 fully saturated rings. The zero-order valence-corrected chi connectivity index (χ0v) is 12.9. The van der Waals surface area contributed by atoms with Crippen LogP contribution < -0.4 is 4.74 Å². The van der Waals surface area contributed by atoms with Crippen molar-refractivity contribution in [2.45, 2.75) is 57.0 Å². The Hall–Kier alpha value is -1.02. The molecule has 2 nitrogen and oxygen atoms in total. The molecule has 0 bridgehead atoms. The van der Waals surface area contributed by atoms with Crippen molar-refractivity contribution in [3.63, 3.8) is 0 Å². The Labute approximate surface area is 127 Å². The minimum absolute atomic E-state index is 0.0260. The maximum atomic E-state index is 10.3. The Kier molecular flexibility index (Phi) is 3.45. The lowest BCUT2D eigenvalue weighted by Crippen LogP contribution is -2.43. The maximum absolute atomic E-state index is 10.3. The van der Waals surface area contributed by atoms with E-state index in [0.29, 0.717) is 5.92 Å². The first kappa shape index (κ1) is 13.6. The molecule has 0 spiro atoms. The Balaban J connectivity index is 1.64. The second-order valence-electron chi connectivity index (χ2n) is 7.28. The number of aliphatic hydroxyl groups excluding tert-OH is 1. The van der Waals surface area contributed by atoms with Gasteiger partial charge < -0.3 is 9.84 Å². The van der Waals surface area contributed by atoms with E-state index >= 15 is 0 Å². The van der Waals surface area contributed by atoms with E-state index in [1.54, 1.807) is 12.7 Å². The highest BCUT2D eigenvalue weighted by atomic mass is 16.5. The van der Waals surface area contributed by atoms with Gasteiger partial charge in [-0.05, 0) is 85.5 Å². The lowest BCUT2D eigenvalue weighted by Gasteiger charge is -2.50. The topological polar surface area (TPSA) is 29.5 Å². The van der Waals surface area contributed by atoms with Crippen LogP contribution in [0, 0.1) is 17.8 Å². The molecule has 114 valence electrons. The minimum atomic E-state index is -0.0260. The van der Waals surface area contributed by atoms with E-state index in [-0.39, 0.29) is 6.10 Å². The summed E-state index contributed by atoms with van der Waals surface area (Å²) < 4.78 is 5.38. The molecule has 1 N–H and O–H groups in total. The summed E-state index contributed by atoms with van der Waals surface area (Å²) in [6.45, 7) is 0. The molecule has 3 aliphatic carbocycles. The van der Waals surface area contributed by atoms with Crippen molar-refractivity contribution < 1.29 is 9.84 Å². The molecule has 0 amide bonds. The van der Waals surface area contributed by atoms with Crippen molar-refractivity contribution in [2.24, 2.45) is 17.8 Å². The van der Waals surface area contributed by atoms with Crippen molar-refractivity contribution in [1.82, 2.24) is 0 Å². The van der Waals surface area contributed by atoms with Gasteiger partial charge in [-0.15, -0.1) is 0 Å². The molecule has 1 aromatic carbocycles. The first-order valence-corrected chi connectivity index (χ1v) is 8.63. The predicted molar refractivity (Wildman–Crippen MR) is 83.6 cm³/mol. The molecule has 4 rings (SSSR count). The minimum Gasteiger partial charge on any atom is -0.497 e. The molecule has 0 saturated heterocycles. The van der Waals surface area contributed by atoms with Crippen LogP contribution in [0.2, 0.25) is 0 Å². The van der Waals surface area contributed by atoms with Gasteiger partial charge in [-0.25, -0.2) is 0 Å². The summed E-state index contributed by atoms with van der Waals surface area (Å²) in [5, 5.41) is 10.3. The SMILES string of the molecule is COc1ccc2c(c1)CCC1C2CCC2C(O)CCCC21. The molecule has 2 saturated carbocycles. The highest BCUT2D eigenvalue weighted by Crippen LogP contribution is 2.54. The van der Waals surface area contributed by atoms with Gasteiger partial charge in [0.2, 0.25) is 0 Å². The van der Waals surface area contributed by atoms with Crippen LogP contribution in [0.3, 0.4) is 0 Å². The number of hydrogen-bond acceptors (Lipinski definition) is 2. The number of aliphatic hydroxyl groups is 1. The highest BCUT2D eigenvalue weighted by Gasteiger charge is 2.45. The molecule has 1 aromatic rings. The van der Waals surface area contributed by atoms with E-state index in [1.165, 1.54) is 44.1 Å². The quantitative estimate of drug-likeness (QED) is 0.848. The summed E-state index contributed by atoms with van der Waals surface area (Å²) in [7, 11) is 1.75. The van der Waals surface area contributed by atoms with Crippen molar-refractivity contribution >= 4 is 0 Å². The van der Waals surface area contributed by atoms with Gasteiger partial charge >= 0.3 is 0 Å². The summed E-state index contributed by atoms with van der Waals surface area (Å²) >= 11 is 0. The van der Waals surface area contributed by atoms with Gasteiger partial charge in [0.05, 0.1) is 13.2 Å². The molecule has 5 unspecified atom stereocenters. The van der Waals surface area contributed by atoms with Gasteiger partial charge in [0.15, 0.2) is 0 Å². The number of ether oxygens (including phenoxy) is 1. The fourth-order valence-electron chi connectivity index (χ4n) is 5.51. The largest absolute Gasteiger partial charge is 0.497 e. The molecular formula is C19H26O2. The van der Waals surface area contributed by atoms with Gasteiger partial charge in [0.1, 0.15) is 5.75 Å². The third kappa shape index (κ3) is 2.19. The van der Waals surface area contributed by atoms with E-state index in [4.69, 9.17) is 4.74 Å². The number of fused-ring (bicyclic) bond motifs is 5. The third-order valence-corrected chi connectivity index (χ3v) is 6.46. The summed E-state index contributed by atoms with van der Waals surface area (Å²) in [5.41, 5.74) is 3.08. The standard InChI is InChI=1S/C19H26O2/c1-21-13-6-8-14-12(11-13)5-7-17-15-3-2-4-19(20)18(15)10-9-16(14)17/h6,8,11,15-20H,2-5,7,9-10H2,1H3. The third-order valence-electron chi connectivity index (χ3n) is 6.46. The molecule has 3 aliphatic rings. The van der Waals surface area contributed by atoms with Crippen LogP contribution in [0.25, 0.3) is 0 Å². The molecule has 0 radical (unpaired) electrons. The summed E-state index contributed by atoms with van der Waals surface area (Å²) in [6, 6.07) is 6.68. The molecule has 0 heterocycles. The van der Waals surface area contributed by atoms with Crippen molar-refractivity contribution in [3.05, 3.63) is 29.3 Å². The number of methoxy groups -OCH3 is 1. The highest BCUT2D eigenvalue weighted by molar-refractivity contribution is 5.40. The Bertz CT molecular complexity index is 524. The number of hydrogen-bond donors (Lipinski definition) is 1. The van der Waals surface area contributed by atoms with Crippen LogP contribution in [0.15, 0.2) is 18.2 Å². The zero-order valence-electron chi connectivity index (χ0n) is 12.9. The molecule has 21 heavy (non-hydrogen) atoms. The number of aryl methyl sites for hydroxylation is 1. The van der Waals surface area contributed by atoms with Crippen LogP contribution in [0.1, 0.15) is 55.6 Å². The lowest BCUT2D eigenvalue weighted by molar-refractivity contribution is -0.0269. The average molecular weight is 286 g/mol. The first-order chi connectivity index (χ1) is 10.3. The normalized spacial score (nSPS) is 38.1. The second-order valence-corrected chi connectivity index (χ2v) is 7.28. The Morgan fingerprint density at radius 2 is 1.90 bits per heavy atom. The Morgan fingerprint density at radius 3 is 2.76 bits per heavy atom. The monoisotopic (exact) mass is 286 g/mol. The molecule has 0 aromatic heterocycles. The Morgan fingerprint density at radius 1 is 1.00 bits per heavy atom. The van der Waals surface area contributed by atoms with Crippen molar-refractivity contribution in [2.75, 3.05) is 7.11 Å². The molecule has 5 atom stereocenters. The van der Waals surface area contributed by atoms with Crippen LogP contribution in [0.4, 0.5) is 0 Å². The molecule has 0 aliphatic heterocycles. The second kappa shape index (κ2) is 5.31. The van der Waals surface area contributed by atoms with E-state index in [1.807, 2.05) is 0 Å². The zero-order chi connectivity index (χ0) is 14.4. The molecular weight excluding hydrogens is 260 g/mol. The number of benzene rings is 1. The van der Waals surface area contributed by atoms with Crippen LogP contribution >= 0.6 is 0 Å². The van der Waals surface area contributed by atoms with Gasteiger partial charge in [-0.3, -0.25) is 0 Å².